The molecule has 4 nitrogen and oxygen atoms in total. The third kappa shape index (κ3) is 2.02. The van der Waals surface area contributed by atoms with E-state index in [1.165, 1.54) is 0 Å². The van der Waals surface area contributed by atoms with E-state index >= 15 is 0 Å². The summed E-state index contributed by atoms with van der Waals surface area (Å²) in [4.78, 5) is 2.13. The molecule has 1 aliphatic carbocycles. The number of halogens is 1. The fourth-order valence-electron chi connectivity index (χ4n) is 2.22. The zero-order valence-electron chi connectivity index (χ0n) is 9.88. The third-order valence-electron chi connectivity index (χ3n) is 3.22. The van der Waals surface area contributed by atoms with Gasteiger partial charge < -0.3 is 10.0 Å². The van der Waals surface area contributed by atoms with Crippen molar-refractivity contribution in [1.82, 2.24) is 10.2 Å². The number of hydrogen-bond acceptors (Lipinski definition) is 4. The van der Waals surface area contributed by atoms with Crippen molar-refractivity contribution in [3.8, 4) is 0 Å². The summed E-state index contributed by atoms with van der Waals surface area (Å²) in [6.07, 6.45) is 2.30. The molecule has 2 aromatic rings. The van der Waals surface area contributed by atoms with Gasteiger partial charge in [0.1, 0.15) is 0 Å². The zero-order valence-corrected chi connectivity index (χ0v) is 10.6. The average Bonchev–Trinajstić information content (AvgIpc) is 3.22. The summed E-state index contributed by atoms with van der Waals surface area (Å²) in [5, 5.41) is 19.8. The molecule has 0 bridgehead atoms. The minimum atomic E-state index is 0.120. The summed E-state index contributed by atoms with van der Waals surface area (Å²) in [6, 6.07) is 8.33. The van der Waals surface area contributed by atoms with Crippen molar-refractivity contribution in [2.24, 2.45) is 0 Å². The monoisotopic (exact) mass is 263 g/mol. The summed E-state index contributed by atoms with van der Waals surface area (Å²) in [7, 11) is 0. The third-order valence-corrected chi connectivity index (χ3v) is 3.50. The van der Waals surface area contributed by atoms with Crippen LogP contribution in [0.2, 0.25) is 5.15 Å². The highest BCUT2D eigenvalue weighted by molar-refractivity contribution is 6.34. The van der Waals surface area contributed by atoms with Gasteiger partial charge in [0.05, 0.1) is 6.61 Å². The average molecular weight is 264 g/mol. The Morgan fingerprint density at radius 2 is 1.94 bits per heavy atom. The first-order valence-corrected chi connectivity index (χ1v) is 6.47. The Balaban J connectivity index is 2.12. The van der Waals surface area contributed by atoms with Crippen LogP contribution in [0.15, 0.2) is 24.3 Å². The maximum atomic E-state index is 9.19. The van der Waals surface area contributed by atoms with Crippen LogP contribution in [-0.2, 0) is 0 Å². The molecular formula is C13H14ClN3O. The lowest BCUT2D eigenvalue weighted by molar-refractivity contribution is 0.301. The molecule has 5 heteroatoms. The second-order valence-electron chi connectivity index (χ2n) is 4.51. The molecule has 18 heavy (non-hydrogen) atoms. The summed E-state index contributed by atoms with van der Waals surface area (Å²) < 4.78 is 0. The van der Waals surface area contributed by atoms with Gasteiger partial charge in [0.15, 0.2) is 11.0 Å². The number of fused-ring (bicyclic) bond motifs is 1. The smallest absolute Gasteiger partial charge is 0.159 e. The van der Waals surface area contributed by atoms with E-state index < -0.39 is 0 Å². The lowest BCUT2D eigenvalue weighted by Crippen LogP contribution is -2.30. The van der Waals surface area contributed by atoms with Crippen molar-refractivity contribution in [3.05, 3.63) is 29.4 Å². The van der Waals surface area contributed by atoms with E-state index in [2.05, 4.69) is 15.1 Å². The van der Waals surface area contributed by atoms with Crippen LogP contribution in [0.25, 0.3) is 10.8 Å². The number of aliphatic hydroxyl groups excluding tert-OH is 1. The van der Waals surface area contributed by atoms with E-state index in [1.54, 1.807) is 0 Å². The SMILES string of the molecule is OCCN(c1nnc(Cl)c2ccccc12)C1CC1. The van der Waals surface area contributed by atoms with Crippen LogP contribution in [0.5, 0.6) is 0 Å². The van der Waals surface area contributed by atoms with Gasteiger partial charge in [-0.1, -0.05) is 35.9 Å². The molecular weight excluding hydrogens is 250 g/mol. The molecule has 0 spiro atoms. The van der Waals surface area contributed by atoms with Gasteiger partial charge in [0, 0.05) is 23.4 Å². The van der Waals surface area contributed by atoms with Crippen LogP contribution in [0, 0.1) is 0 Å². The molecule has 1 saturated carbocycles. The van der Waals surface area contributed by atoms with Crippen molar-refractivity contribution in [1.29, 1.82) is 0 Å². The summed E-state index contributed by atoms with van der Waals surface area (Å²) in [5.41, 5.74) is 0. The van der Waals surface area contributed by atoms with Gasteiger partial charge in [0.2, 0.25) is 0 Å². The molecule has 1 aromatic carbocycles. The molecule has 0 atom stereocenters. The minimum absolute atomic E-state index is 0.120. The molecule has 1 aliphatic rings. The highest BCUT2D eigenvalue weighted by atomic mass is 35.5. The first kappa shape index (κ1) is 11.7. The van der Waals surface area contributed by atoms with E-state index in [9.17, 15) is 5.11 Å². The van der Waals surface area contributed by atoms with Crippen molar-refractivity contribution in [2.75, 3.05) is 18.1 Å². The molecule has 0 amide bonds. The highest BCUT2D eigenvalue weighted by Gasteiger charge is 2.31. The molecule has 0 saturated heterocycles. The second-order valence-corrected chi connectivity index (χ2v) is 4.87. The molecule has 1 heterocycles. The summed E-state index contributed by atoms with van der Waals surface area (Å²) in [5.74, 6) is 0.826. The van der Waals surface area contributed by atoms with Crippen molar-refractivity contribution in [3.63, 3.8) is 0 Å². The maximum absolute atomic E-state index is 9.19. The number of anilines is 1. The minimum Gasteiger partial charge on any atom is -0.395 e. The number of hydrogen-bond donors (Lipinski definition) is 1. The first-order chi connectivity index (χ1) is 8.81. The first-order valence-electron chi connectivity index (χ1n) is 6.09. The number of benzene rings is 1. The van der Waals surface area contributed by atoms with Crippen LogP contribution in [0.3, 0.4) is 0 Å². The van der Waals surface area contributed by atoms with E-state index in [1.807, 2.05) is 24.3 Å². The molecule has 0 radical (unpaired) electrons. The summed E-state index contributed by atoms with van der Waals surface area (Å²) >= 11 is 6.06. The lowest BCUT2D eigenvalue weighted by atomic mass is 10.2. The molecule has 1 N–H and O–H groups in total. The Morgan fingerprint density at radius 3 is 2.61 bits per heavy atom. The summed E-state index contributed by atoms with van der Waals surface area (Å²) in [6.45, 7) is 0.708. The Morgan fingerprint density at radius 1 is 1.22 bits per heavy atom. The van der Waals surface area contributed by atoms with Gasteiger partial charge in [-0.3, -0.25) is 0 Å². The fourth-order valence-corrected chi connectivity index (χ4v) is 2.43. The quantitative estimate of drug-likeness (QED) is 0.919. The molecule has 1 aromatic heterocycles. The second kappa shape index (κ2) is 4.71. The molecule has 94 valence electrons. The van der Waals surface area contributed by atoms with Crippen LogP contribution in [0.1, 0.15) is 12.8 Å². The lowest BCUT2D eigenvalue weighted by Gasteiger charge is -2.23. The number of rotatable bonds is 4. The van der Waals surface area contributed by atoms with Crippen LogP contribution >= 0.6 is 11.6 Å². The van der Waals surface area contributed by atoms with Crippen molar-refractivity contribution < 1.29 is 5.11 Å². The van der Waals surface area contributed by atoms with Crippen LogP contribution in [-0.4, -0.2) is 34.5 Å². The van der Waals surface area contributed by atoms with Gasteiger partial charge in [-0.2, -0.15) is 0 Å². The van der Waals surface area contributed by atoms with Gasteiger partial charge in [-0.25, -0.2) is 0 Å². The zero-order chi connectivity index (χ0) is 12.5. The Labute approximate surface area is 110 Å². The van der Waals surface area contributed by atoms with Gasteiger partial charge in [-0.15, -0.1) is 10.2 Å². The van der Waals surface area contributed by atoms with E-state index in [-0.39, 0.29) is 6.61 Å². The Kier molecular flexibility index (Phi) is 3.06. The molecule has 0 aliphatic heterocycles. The molecule has 1 fully saturated rings. The number of aliphatic hydroxyl groups is 1. The predicted molar refractivity (Wildman–Crippen MR) is 72.0 cm³/mol. The Bertz CT molecular complexity index is 571. The van der Waals surface area contributed by atoms with Gasteiger partial charge >= 0.3 is 0 Å². The maximum Gasteiger partial charge on any atom is 0.159 e. The highest BCUT2D eigenvalue weighted by Crippen LogP contribution is 2.35. The molecule has 3 rings (SSSR count). The normalized spacial score (nSPS) is 15.0. The number of nitrogens with zero attached hydrogens (tertiary/aromatic N) is 3. The van der Waals surface area contributed by atoms with E-state index in [0.29, 0.717) is 17.7 Å². The Hall–Kier alpha value is -1.39. The van der Waals surface area contributed by atoms with Crippen molar-refractivity contribution in [2.45, 2.75) is 18.9 Å². The topological polar surface area (TPSA) is 49.2 Å². The largest absolute Gasteiger partial charge is 0.395 e. The van der Waals surface area contributed by atoms with Crippen LogP contribution < -0.4 is 4.90 Å². The van der Waals surface area contributed by atoms with Crippen LogP contribution in [0.4, 0.5) is 5.82 Å². The predicted octanol–water partition coefficient (Wildman–Crippen LogP) is 2.24. The van der Waals surface area contributed by atoms with E-state index in [4.69, 9.17) is 11.6 Å². The van der Waals surface area contributed by atoms with Gasteiger partial charge in [-0.05, 0) is 12.8 Å². The van der Waals surface area contributed by atoms with Crippen molar-refractivity contribution >= 4 is 28.2 Å². The van der Waals surface area contributed by atoms with E-state index in [0.717, 1.165) is 29.4 Å². The molecule has 0 unspecified atom stereocenters. The fraction of sp³-hybridized carbons (Fsp3) is 0.385. The number of aromatic nitrogens is 2. The standard InChI is InChI=1S/C13H14ClN3O/c14-12-10-3-1-2-4-11(10)13(16-15-12)17(7-8-18)9-5-6-9/h1-4,9,18H,5-8H2. The van der Waals surface area contributed by atoms with Gasteiger partial charge in [0.25, 0.3) is 0 Å².